The topological polar surface area (TPSA) is 40.6 Å². The SMILES string of the molecule is COc1cccc(CCl)c1OCc1cccnc1OC. The lowest BCUT2D eigenvalue weighted by molar-refractivity contribution is 0.274. The summed E-state index contributed by atoms with van der Waals surface area (Å²) in [5, 5.41) is 0. The van der Waals surface area contributed by atoms with E-state index in [9.17, 15) is 0 Å². The maximum absolute atomic E-state index is 5.93. The number of hydrogen-bond donors (Lipinski definition) is 0. The van der Waals surface area contributed by atoms with Crippen LogP contribution in [0, 0.1) is 0 Å². The summed E-state index contributed by atoms with van der Waals surface area (Å²) in [4.78, 5) is 4.14. The van der Waals surface area contributed by atoms with Crippen LogP contribution >= 0.6 is 11.6 Å². The number of pyridine rings is 1. The van der Waals surface area contributed by atoms with Gasteiger partial charge in [0.1, 0.15) is 6.61 Å². The molecule has 0 aliphatic rings. The van der Waals surface area contributed by atoms with Crippen LogP contribution in [-0.4, -0.2) is 19.2 Å². The predicted molar refractivity (Wildman–Crippen MR) is 77.7 cm³/mol. The number of halogens is 1. The minimum Gasteiger partial charge on any atom is -0.493 e. The van der Waals surface area contributed by atoms with Crippen molar-refractivity contribution in [2.24, 2.45) is 0 Å². The number of para-hydroxylation sites is 1. The molecule has 2 rings (SSSR count). The van der Waals surface area contributed by atoms with E-state index >= 15 is 0 Å². The average Bonchev–Trinajstić information content (AvgIpc) is 2.52. The Morgan fingerprint density at radius 1 is 1.05 bits per heavy atom. The first-order chi connectivity index (χ1) is 9.80. The van der Waals surface area contributed by atoms with E-state index in [1.165, 1.54) is 0 Å². The fourth-order valence-corrected chi connectivity index (χ4v) is 2.07. The third-order valence-corrected chi connectivity index (χ3v) is 3.13. The van der Waals surface area contributed by atoms with Crippen molar-refractivity contribution in [1.29, 1.82) is 0 Å². The third-order valence-electron chi connectivity index (χ3n) is 2.84. The van der Waals surface area contributed by atoms with E-state index in [1.807, 2.05) is 30.3 Å². The van der Waals surface area contributed by atoms with Gasteiger partial charge in [-0.3, -0.25) is 0 Å². The minimum absolute atomic E-state index is 0.335. The summed E-state index contributed by atoms with van der Waals surface area (Å²) in [5.74, 6) is 2.22. The zero-order valence-corrected chi connectivity index (χ0v) is 12.2. The standard InChI is InChI=1S/C15H16ClNO3/c1-18-13-7-3-5-11(9-16)14(13)20-10-12-6-4-8-17-15(12)19-2/h3-8H,9-10H2,1-2H3. The summed E-state index contributed by atoms with van der Waals surface area (Å²) in [7, 11) is 3.18. The number of ether oxygens (including phenoxy) is 3. The maximum atomic E-state index is 5.93. The van der Waals surface area contributed by atoms with Crippen molar-refractivity contribution in [2.75, 3.05) is 14.2 Å². The monoisotopic (exact) mass is 293 g/mol. The molecule has 106 valence electrons. The molecule has 0 aliphatic carbocycles. The van der Waals surface area contributed by atoms with Crippen LogP contribution in [0.15, 0.2) is 36.5 Å². The summed E-state index contributed by atoms with van der Waals surface area (Å²) >= 11 is 5.93. The summed E-state index contributed by atoms with van der Waals surface area (Å²) in [6, 6.07) is 9.37. The second kappa shape index (κ2) is 7.01. The molecular formula is C15H16ClNO3. The molecule has 1 aromatic carbocycles. The molecule has 0 aliphatic heterocycles. The predicted octanol–water partition coefficient (Wildman–Crippen LogP) is 3.42. The zero-order valence-electron chi connectivity index (χ0n) is 11.4. The van der Waals surface area contributed by atoms with Crippen LogP contribution < -0.4 is 14.2 Å². The van der Waals surface area contributed by atoms with Gasteiger partial charge in [-0.2, -0.15) is 0 Å². The molecule has 0 saturated heterocycles. The number of hydrogen-bond acceptors (Lipinski definition) is 4. The normalized spacial score (nSPS) is 10.2. The third kappa shape index (κ3) is 3.14. The number of methoxy groups -OCH3 is 2. The van der Waals surface area contributed by atoms with Crippen LogP contribution in [0.3, 0.4) is 0 Å². The van der Waals surface area contributed by atoms with Crippen LogP contribution in [0.2, 0.25) is 0 Å². The van der Waals surface area contributed by atoms with Crippen molar-refractivity contribution >= 4 is 11.6 Å². The Balaban J connectivity index is 2.22. The van der Waals surface area contributed by atoms with E-state index in [-0.39, 0.29) is 0 Å². The fraction of sp³-hybridized carbons (Fsp3) is 0.267. The maximum Gasteiger partial charge on any atom is 0.219 e. The molecule has 0 atom stereocenters. The number of alkyl halides is 1. The molecule has 2 aromatic rings. The highest BCUT2D eigenvalue weighted by Crippen LogP contribution is 2.33. The van der Waals surface area contributed by atoms with Gasteiger partial charge in [-0.05, 0) is 18.2 Å². The molecule has 0 bridgehead atoms. The van der Waals surface area contributed by atoms with Crippen LogP contribution in [0.4, 0.5) is 0 Å². The molecule has 1 heterocycles. The Labute approximate surface area is 123 Å². The zero-order chi connectivity index (χ0) is 14.4. The van der Waals surface area contributed by atoms with Gasteiger partial charge in [-0.1, -0.05) is 12.1 Å². The van der Waals surface area contributed by atoms with E-state index in [0.717, 1.165) is 11.1 Å². The van der Waals surface area contributed by atoms with Gasteiger partial charge >= 0.3 is 0 Å². The lowest BCUT2D eigenvalue weighted by Gasteiger charge is -2.14. The first kappa shape index (κ1) is 14.5. The van der Waals surface area contributed by atoms with E-state index in [2.05, 4.69) is 4.98 Å². The Morgan fingerprint density at radius 3 is 2.55 bits per heavy atom. The minimum atomic E-state index is 0.335. The van der Waals surface area contributed by atoms with Crippen molar-refractivity contribution in [2.45, 2.75) is 12.5 Å². The lowest BCUT2D eigenvalue weighted by atomic mass is 10.2. The molecule has 0 unspecified atom stereocenters. The Hall–Kier alpha value is -1.94. The van der Waals surface area contributed by atoms with E-state index in [0.29, 0.717) is 29.9 Å². The molecule has 4 nitrogen and oxygen atoms in total. The Kier molecular flexibility index (Phi) is 5.07. The molecule has 0 fully saturated rings. The van der Waals surface area contributed by atoms with Crippen LogP contribution in [0.25, 0.3) is 0 Å². The van der Waals surface area contributed by atoms with Gasteiger partial charge in [0, 0.05) is 11.8 Å². The molecule has 0 saturated carbocycles. The summed E-state index contributed by atoms with van der Waals surface area (Å²) in [6.07, 6.45) is 1.68. The lowest BCUT2D eigenvalue weighted by Crippen LogP contribution is -2.03. The second-order valence-corrected chi connectivity index (χ2v) is 4.31. The van der Waals surface area contributed by atoms with E-state index < -0.39 is 0 Å². The van der Waals surface area contributed by atoms with Gasteiger partial charge in [0.2, 0.25) is 5.88 Å². The van der Waals surface area contributed by atoms with Gasteiger partial charge < -0.3 is 14.2 Å². The molecule has 20 heavy (non-hydrogen) atoms. The molecule has 0 spiro atoms. The number of nitrogens with zero attached hydrogens (tertiary/aromatic N) is 1. The molecule has 5 heteroatoms. The average molecular weight is 294 g/mol. The number of rotatable bonds is 6. The smallest absolute Gasteiger partial charge is 0.219 e. The second-order valence-electron chi connectivity index (χ2n) is 4.04. The summed E-state index contributed by atoms with van der Waals surface area (Å²) < 4.78 is 16.3. The van der Waals surface area contributed by atoms with Gasteiger partial charge in [-0.15, -0.1) is 11.6 Å². The Bertz CT molecular complexity index is 553. The van der Waals surface area contributed by atoms with Gasteiger partial charge in [-0.25, -0.2) is 4.98 Å². The Morgan fingerprint density at radius 2 is 1.85 bits per heavy atom. The number of aromatic nitrogens is 1. The first-order valence-electron chi connectivity index (χ1n) is 6.12. The van der Waals surface area contributed by atoms with E-state index in [4.69, 9.17) is 25.8 Å². The van der Waals surface area contributed by atoms with Crippen molar-refractivity contribution in [3.63, 3.8) is 0 Å². The summed E-state index contributed by atoms with van der Waals surface area (Å²) in [6.45, 7) is 0.335. The molecular weight excluding hydrogens is 278 g/mol. The van der Waals surface area contributed by atoms with Crippen LogP contribution in [0.1, 0.15) is 11.1 Å². The fourth-order valence-electron chi connectivity index (χ4n) is 1.86. The van der Waals surface area contributed by atoms with Crippen molar-refractivity contribution < 1.29 is 14.2 Å². The van der Waals surface area contributed by atoms with Gasteiger partial charge in [0.25, 0.3) is 0 Å². The highest BCUT2D eigenvalue weighted by Gasteiger charge is 2.11. The highest BCUT2D eigenvalue weighted by molar-refractivity contribution is 6.17. The molecule has 0 radical (unpaired) electrons. The summed E-state index contributed by atoms with van der Waals surface area (Å²) in [5.41, 5.74) is 1.75. The quantitative estimate of drug-likeness (QED) is 0.765. The van der Waals surface area contributed by atoms with E-state index in [1.54, 1.807) is 20.4 Å². The van der Waals surface area contributed by atoms with Crippen molar-refractivity contribution in [1.82, 2.24) is 4.98 Å². The largest absolute Gasteiger partial charge is 0.493 e. The van der Waals surface area contributed by atoms with Crippen molar-refractivity contribution in [3.05, 3.63) is 47.7 Å². The van der Waals surface area contributed by atoms with Gasteiger partial charge in [0.15, 0.2) is 11.5 Å². The molecule has 0 N–H and O–H groups in total. The molecule has 0 amide bonds. The number of benzene rings is 1. The first-order valence-corrected chi connectivity index (χ1v) is 6.66. The highest BCUT2D eigenvalue weighted by atomic mass is 35.5. The van der Waals surface area contributed by atoms with Gasteiger partial charge in [0.05, 0.1) is 25.7 Å². The van der Waals surface area contributed by atoms with Crippen LogP contribution in [0.5, 0.6) is 17.4 Å². The molecule has 1 aromatic heterocycles. The van der Waals surface area contributed by atoms with Crippen molar-refractivity contribution in [3.8, 4) is 17.4 Å². The van der Waals surface area contributed by atoms with Crippen LogP contribution in [-0.2, 0) is 12.5 Å².